The highest BCUT2D eigenvalue weighted by Crippen LogP contribution is 2.38. The molecule has 2 aromatic rings. The fourth-order valence-electron chi connectivity index (χ4n) is 2.36. The highest BCUT2D eigenvalue weighted by molar-refractivity contribution is 9.11. The molecule has 0 aliphatic heterocycles. The number of hydrogen-bond acceptors (Lipinski definition) is 2. The van der Waals surface area contributed by atoms with Gasteiger partial charge in [-0.25, -0.2) is 0 Å². The molecular formula is C16H21Br2NO. The quantitative estimate of drug-likeness (QED) is 0.673. The fraction of sp³-hybridized carbons (Fsp3) is 0.500. The van der Waals surface area contributed by atoms with E-state index in [0.717, 1.165) is 38.6 Å². The summed E-state index contributed by atoms with van der Waals surface area (Å²) >= 11 is 7.09. The fourth-order valence-corrected chi connectivity index (χ4v) is 3.70. The first-order valence-corrected chi connectivity index (χ1v) is 8.53. The Kier molecular flexibility index (Phi) is 4.98. The molecule has 1 N–H and O–H groups in total. The normalized spacial score (nSPS) is 13.9. The van der Waals surface area contributed by atoms with E-state index in [1.54, 1.807) is 0 Å². The molecule has 0 radical (unpaired) electrons. The van der Waals surface area contributed by atoms with Crippen LogP contribution in [0, 0.1) is 5.41 Å². The van der Waals surface area contributed by atoms with Crippen LogP contribution in [0.5, 0.6) is 0 Å². The van der Waals surface area contributed by atoms with Gasteiger partial charge in [0.05, 0.1) is 10.5 Å². The second kappa shape index (κ2) is 6.20. The standard InChI is InChI=1S/C16H21Br2NO/c1-5-6-19-15(16(2,3)4)13-8-10-7-11(17)9-12(18)14(10)20-13/h7-9,15,19H,5-6H2,1-4H3. The molecule has 0 aliphatic carbocycles. The van der Waals surface area contributed by atoms with Gasteiger partial charge in [-0.1, -0.05) is 43.6 Å². The third-order valence-electron chi connectivity index (χ3n) is 3.30. The molecule has 1 aromatic carbocycles. The summed E-state index contributed by atoms with van der Waals surface area (Å²) in [5, 5.41) is 4.72. The van der Waals surface area contributed by atoms with Crippen LogP contribution in [0.4, 0.5) is 0 Å². The van der Waals surface area contributed by atoms with E-state index in [9.17, 15) is 0 Å². The lowest BCUT2D eigenvalue weighted by Gasteiger charge is -2.30. The smallest absolute Gasteiger partial charge is 0.148 e. The monoisotopic (exact) mass is 401 g/mol. The van der Waals surface area contributed by atoms with Crippen molar-refractivity contribution in [2.24, 2.45) is 5.41 Å². The van der Waals surface area contributed by atoms with Gasteiger partial charge in [-0.3, -0.25) is 0 Å². The molecular weight excluding hydrogens is 382 g/mol. The number of hydrogen-bond donors (Lipinski definition) is 1. The summed E-state index contributed by atoms with van der Waals surface area (Å²) in [7, 11) is 0. The van der Waals surface area contributed by atoms with Gasteiger partial charge in [0, 0.05) is 9.86 Å². The molecule has 0 amide bonds. The van der Waals surface area contributed by atoms with Crippen LogP contribution in [0.3, 0.4) is 0 Å². The van der Waals surface area contributed by atoms with E-state index in [2.05, 4.69) is 77.0 Å². The second-order valence-corrected chi connectivity index (χ2v) is 7.98. The zero-order valence-corrected chi connectivity index (χ0v) is 15.6. The van der Waals surface area contributed by atoms with Crippen LogP contribution in [0.1, 0.15) is 45.9 Å². The van der Waals surface area contributed by atoms with Crippen LogP contribution in [-0.2, 0) is 0 Å². The van der Waals surface area contributed by atoms with E-state index in [-0.39, 0.29) is 11.5 Å². The molecule has 0 bridgehead atoms. The van der Waals surface area contributed by atoms with Gasteiger partial charge in [0.2, 0.25) is 0 Å². The Hall–Kier alpha value is -0.320. The third-order valence-corrected chi connectivity index (χ3v) is 4.35. The summed E-state index contributed by atoms with van der Waals surface area (Å²) in [5.41, 5.74) is 1.02. The van der Waals surface area contributed by atoms with Crippen molar-refractivity contribution < 1.29 is 4.42 Å². The minimum Gasteiger partial charge on any atom is -0.458 e. The lowest BCUT2D eigenvalue weighted by molar-refractivity contribution is 0.241. The largest absolute Gasteiger partial charge is 0.458 e. The van der Waals surface area contributed by atoms with Crippen molar-refractivity contribution in [2.75, 3.05) is 6.54 Å². The molecule has 1 unspecified atom stereocenters. The molecule has 0 saturated heterocycles. The maximum atomic E-state index is 6.11. The van der Waals surface area contributed by atoms with Gasteiger partial charge < -0.3 is 9.73 Å². The third kappa shape index (κ3) is 3.46. The number of benzene rings is 1. The highest BCUT2D eigenvalue weighted by atomic mass is 79.9. The van der Waals surface area contributed by atoms with Gasteiger partial charge in [-0.05, 0) is 52.5 Å². The lowest BCUT2D eigenvalue weighted by Crippen LogP contribution is -2.32. The number of halogens is 2. The van der Waals surface area contributed by atoms with Crippen LogP contribution in [0.25, 0.3) is 11.0 Å². The van der Waals surface area contributed by atoms with Crippen LogP contribution < -0.4 is 5.32 Å². The van der Waals surface area contributed by atoms with Crippen LogP contribution in [0.15, 0.2) is 31.6 Å². The minimum atomic E-state index is 0.104. The Bertz CT molecular complexity index is 598. The Morgan fingerprint density at radius 3 is 2.50 bits per heavy atom. The van der Waals surface area contributed by atoms with E-state index >= 15 is 0 Å². The molecule has 1 atom stereocenters. The van der Waals surface area contributed by atoms with Crippen molar-refractivity contribution in [3.05, 3.63) is 32.9 Å². The second-order valence-electron chi connectivity index (χ2n) is 6.21. The van der Waals surface area contributed by atoms with Crippen molar-refractivity contribution in [1.82, 2.24) is 5.32 Å². The van der Waals surface area contributed by atoms with E-state index < -0.39 is 0 Å². The highest BCUT2D eigenvalue weighted by Gasteiger charge is 2.28. The maximum absolute atomic E-state index is 6.11. The molecule has 0 spiro atoms. The molecule has 0 fully saturated rings. The number of rotatable bonds is 4. The van der Waals surface area contributed by atoms with Crippen molar-refractivity contribution in [3.8, 4) is 0 Å². The Morgan fingerprint density at radius 1 is 1.20 bits per heavy atom. The molecule has 2 nitrogen and oxygen atoms in total. The first kappa shape index (κ1) is 16.1. The van der Waals surface area contributed by atoms with Crippen molar-refractivity contribution >= 4 is 42.8 Å². The molecule has 20 heavy (non-hydrogen) atoms. The van der Waals surface area contributed by atoms with Gasteiger partial charge in [0.25, 0.3) is 0 Å². The number of furan rings is 1. The predicted octanol–water partition coefficient (Wildman–Crippen LogP) is 6.04. The van der Waals surface area contributed by atoms with E-state index in [4.69, 9.17) is 4.42 Å². The van der Waals surface area contributed by atoms with E-state index in [1.807, 2.05) is 6.07 Å². The van der Waals surface area contributed by atoms with Crippen LogP contribution in [-0.4, -0.2) is 6.54 Å². The van der Waals surface area contributed by atoms with E-state index in [0.29, 0.717) is 0 Å². The topological polar surface area (TPSA) is 25.2 Å². The van der Waals surface area contributed by atoms with Crippen LogP contribution in [0.2, 0.25) is 0 Å². The summed E-state index contributed by atoms with van der Waals surface area (Å²) in [4.78, 5) is 0. The van der Waals surface area contributed by atoms with Gasteiger partial charge in [0.15, 0.2) is 0 Å². The molecule has 2 rings (SSSR count). The maximum Gasteiger partial charge on any atom is 0.148 e. The molecule has 4 heteroatoms. The summed E-state index contributed by atoms with van der Waals surface area (Å²) < 4.78 is 8.15. The Balaban J connectivity index is 2.46. The first-order chi connectivity index (χ1) is 9.32. The average molecular weight is 403 g/mol. The summed E-state index contributed by atoms with van der Waals surface area (Å²) in [6.07, 6.45) is 1.11. The Labute approximate surface area is 137 Å². The summed E-state index contributed by atoms with van der Waals surface area (Å²) in [6, 6.07) is 6.46. The zero-order chi connectivity index (χ0) is 14.9. The average Bonchev–Trinajstić information content (AvgIpc) is 2.71. The van der Waals surface area contributed by atoms with Gasteiger partial charge >= 0.3 is 0 Å². The van der Waals surface area contributed by atoms with Gasteiger partial charge in [-0.2, -0.15) is 0 Å². The summed E-state index contributed by atoms with van der Waals surface area (Å²) in [5.74, 6) is 1.000. The predicted molar refractivity (Wildman–Crippen MR) is 92.1 cm³/mol. The van der Waals surface area contributed by atoms with E-state index in [1.165, 1.54) is 0 Å². The number of fused-ring (bicyclic) bond motifs is 1. The molecule has 110 valence electrons. The molecule has 0 saturated carbocycles. The summed E-state index contributed by atoms with van der Waals surface area (Å²) in [6.45, 7) is 9.87. The molecule has 1 heterocycles. The SMILES string of the molecule is CCCNC(c1cc2cc(Br)cc(Br)c2o1)C(C)(C)C. The van der Waals surface area contributed by atoms with Crippen molar-refractivity contribution in [1.29, 1.82) is 0 Å². The molecule has 1 aromatic heterocycles. The minimum absolute atomic E-state index is 0.104. The zero-order valence-electron chi connectivity index (χ0n) is 12.4. The van der Waals surface area contributed by atoms with Crippen molar-refractivity contribution in [3.63, 3.8) is 0 Å². The Morgan fingerprint density at radius 2 is 1.90 bits per heavy atom. The van der Waals surface area contributed by atoms with Crippen LogP contribution >= 0.6 is 31.9 Å². The van der Waals surface area contributed by atoms with Gasteiger partial charge in [0.1, 0.15) is 11.3 Å². The number of nitrogens with one attached hydrogen (secondary N) is 1. The van der Waals surface area contributed by atoms with Crippen molar-refractivity contribution in [2.45, 2.75) is 40.2 Å². The molecule has 0 aliphatic rings. The first-order valence-electron chi connectivity index (χ1n) is 6.94. The van der Waals surface area contributed by atoms with Gasteiger partial charge in [-0.15, -0.1) is 0 Å². The lowest BCUT2D eigenvalue weighted by atomic mass is 9.85.